The summed E-state index contributed by atoms with van der Waals surface area (Å²) in [6.07, 6.45) is 4.83. The number of para-hydroxylation sites is 1. The number of piperazine rings is 1. The molecule has 5 aliphatic rings. The van der Waals surface area contributed by atoms with Crippen LogP contribution in [-0.4, -0.2) is 124 Å². The Kier molecular flexibility index (Phi) is 8.80. The first-order valence-corrected chi connectivity index (χ1v) is 18.0. The van der Waals surface area contributed by atoms with Crippen LogP contribution in [0.5, 0.6) is 5.75 Å². The number of likely N-dealkylation sites (N-methyl/N-ethyl adjacent to an activating group) is 1. The van der Waals surface area contributed by atoms with Gasteiger partial charge in [-0.25, -0.2) is 0 Å². The van der Waals surface area contributed by atoms with Gasteiger partial charge in [0.1, 0.15) is 11.8 Å². The third kappa shape index (κ3) is 6.27. The summed E-state index contributed by atoms with van der Waals surface area (Å²) in [6, 6.07) is 14.8. The van der Waals surface area contributed by atoms with E-state index in [1.54, 1.807) is 30.3 Å². The molecule has 4 aliphatic heterocycles. The number of benzene rings is 2. The Morgan fingerprint density at radius 2 is 1.71 bits per heavy atom. The molecule has 0 spiro atoms. The zero-order chi connectivity index (χ0) is 35.2. The molecule has 0 radical (unpaired) electrons. The van der Waals surface area contributed by atoms with Gasteiger partial charge in [-0.2, -0.15) is 0 Å². The average molecular weight is 694 g/mol. The molecule has 1 unspecified atom stereocenters. The molecule has 1 saturated carbocycles. The molecule has 4 amide bonds. The maximum absolute atomic E-state index is 13.2. The summed E-state index contributed by atoms with van der Waals surface area (Å²) in [5.41, 5.74) is 3.71. The molecule has 266 valence electrons. The van der Waals surface area contributed by atoms with Gasteiger partial charge in [0.15, 0.2) is 5.82 Å². The fourth-order valence-electron chi connectivity index (χ4n) is 8.47. The number of hydrogen-bond acceptors (Lipinski definition) is 12. The molecule has 14 heteroatoms. The summed E-state index contributed by atoms with van der Waals surface area (Å²) >= 11 is 0. The van der Waals surface area contributed by atoms with Crippen molar-refractivity contribution in [3.8, 4) is 17.0 Å². The number of carbonyl (C=O) groups excluding carboxylic acids is 4. The molecule has 3 aromatic rings. The quantitative estimate of drug-likeness (QED) is 0.256. The van der Waals surface area contributed by atoms with Crippen LogP contribution in [0.2, 0.25) is 0 Å². The van der Waals surface area contributed by atoms with Crippen LogP contribution in [0.1, 0.15) is 59.2 Å². The zero-order valence-electron chi connectivity index (χ0n) is 28.7. The number of aromatic hydroxyl groups is 1. The lowest BCUT2D eigenvalue weighted by Crippen LogP contribution is -2.60. The van der Waals surface area contributed by atoms with Gasteiger partial charge in [-0.1, -0.05) is 12.1 Å². The van der Waals surface area contributed by atoms with E-state index in [1.165, 1.54) is 0 Å². The number of fused-ring (bicyclic) bond motifs is 4. The summed E-state index contributed by atoms with van der Waals surface area (Å²) in [4.78, 5) is 58.7. The highest BCUT2D eigenvalue weighted by Gasteiger charge is 2.44. The predicted molar refractivity (Wildman–Crippen MR) is 191 cm³/mol. The lowest BCUT2D eigenvalue weighted by atomic mass is 9.88. The lowest BCUT2D eigenvalue weighted by Gasteiger charge is -2.49. The summed E-state index contributed by atoms with van der Waals surface area (Å²) in [6.45, 7) is 5.26. The number of hydrogen-bond donors (Lipinski definition) is 4. The van der Waals surface area contributed by atoms with E-state index < -0.39 is 29.7 Å². The SMILES string of the molecule is CN(CCNc1ccc2c(c1)C(=O)N(C1CCC(=O)NC1=O)C2=O)C1CCC(N2CCN3c4cc(-c5ccccc5O)nnc4NC[C@H]3C2)CC1. The van der Waals surface area contributed by atoms with Crippen molar-refractivity contribution >= 4 is 40.8 Å². The average Bonchev–Trinajstić information content (AvgIpc) is 3.39. The van der Waals surface area contributed by atoms with Gasteiger partial charge in [-0.15, -0.1) is 10.2 Å². The normalized spacial score (nSPS) is 24.9. The molecule has 2 saturated heterocycles. The predicted octanol–water partition coefficient (Wildman–Crippen LogP) is 2.52. The van der Waals surface area contributed by atoms with Crippen molar-refractivity contribution < 1.29 is 24.3 Å². The van der Waals surface area contributed by atoms with Crippen molar-refractivity contribution in [1.29, 1.82) is 0 Å². The van der Waals surface area contributed by atoms with Crippen LogP contribution in [0.3, 0.4) is 0 Å². The first-order chi connectivity index (χ1) is 24.7. The van der Waals surface area contributed by atoms with E-state index in [0.29, 0.717) is 35.9 Å². The van der Waals surface area contributed by atoms with Gasteiger partial charge < -0.3 is 25.5 Å². The molecular weight excluding hydrogens is 650 g/mol. The van der Waals surface area contributed by atoms with E-state index in [1.807, 2.05) is 18.2 Å². The number of nitrogens with one attached hydrogen (secondary N) is 3. The van der Waals surface area contributed by atoms with E-state index in [9.17, 15) is 24.3 Å². The van der Waals surface area contributed by atoms with Crippen LogP contribution in [-0.2, 0) is 9.59 Å². The third-order valence-corrected chi connectivity index (χ3v) is 11.3. The second-order valence-electron chi connectivity index (χ2n) is 14.3. The lowest BCUT2D eigenvalue weighted by molar-refractivity contribution is -0.136. The Hall–Kier alpha value is -5.08. The topological polar surface area (TPSA) is 163 Å². The van der Waals surface area contributed by atoms with E-state index in [0.717, 1.165) is 80.5 Å². The molecule has 1 aromatic heterocycles. The van der Waals surface area contributed by atoms with Gasteiger partial charge in [0.2, 0.25) is 11.8 Å². The summed E-state index contributed by atoms with van der Waals surface area (Å²) < 4.78 is 0. The van der Waals surface area contributed by atoms with Gasteiger partial charge in [0.25, 0.3) is 11.8 Å². The largest absolute Gasteiger partial charge is 0.507 e. The molecular formula is C37H43N9O5. The van der Waals surface area contributed by atoms with Crippen LogP contribution >= 0.6 is 0 Å². The van der Waals surface area contributed by atoms with Crippen molar-refractivity contribution in [3.63, 3.8) is 0 Å². The van der Waals surface area contributed by atoms with E-state index >= 15 is 0 Å². The van der Waals surface area contributed by atoms with Gasteiger partial charge in [-0.3, -0.25) is 34.3 Å². The third-order valence-electron chi connectivity index (χ3n) is 11.3. The molecule has 8 rings (SSSR count). The number of amides is 4. The molecule has 51 heavy (non-hydrogen) atoms. The first kappa shape index (κ1) is 33.1. The standard InChI is InChI=1S/C37H43N9O5/c1-43(15-14-38-22-6-11-26-28(18-22)37(51)46(36(26)50)30-12-13-33(48)40-35(30)49)23-7-9-24(10-8-23)44-16-17-45-25(21-44)20-39-34-31(45)19-29(41-42-34)27-4-2-3-5-32(27)47/h2-6,11,18-19,23-25,30,38,47H,7-10,12-17,20-21H2,1H3,(H,39,42)(H,40,48,49)/t23?,24?,25-,30?/m0/s1. The van der Waals surface area contributed by atoms with Crippen LogP contribution in [0, 0.1) is 0 Å². The van der Waals surface area contributed by atoms with Gasteiger partial charge in [-0.05, 0) is 75.5 Å². The van der Waals surface area contributed by atoms with Crippen LogP contribution in [0.15, 0.2) is 48.5 Å². The Bertz CT molecular complexity index is 1880. The highest BCUT2D eigenvalue weighted by Crippen LogP contribution is 2.37. The molecule has 14 nitrogen and oxygen atoms in total. The van der Waals surface area contributed by atoms with Crippen LogP contribution in [0.25, 0.3) is 11.3 Å². The molecule has 4 N–H and O–H groups in total. The summed E-state index contributed by atoms with van der Waals surface area (Å²) in [7, 11) is 2.17. The fourth-order valence-corrected chi connectivity index (χ4v) is 8.47. The molecule has 2 aromatic carbocycles. The number of carbonyl (C=O) groups is 4. The minimum Gasteiger partial charge on any atom is -0.507 e. The van der Waals surface area contributed by atoms with E-state index in [4.69, 9.17) is 0 Å². The molecule has 5 heterocycles. The van der Waals surface area contributed by atoms with Crippen LogP contribution in [0.4, 0.5) is 17.2 Å². The Morgan fingerprint density at radius 3 is 2.51 bits per heavy atom. The molecule has 0 bridgehead atoms. The zero-order valence-corrected chi connectivity index (χ0v) is 28.7. The number of aromatic nitrogens is 2. The number of nitrogens with zero attached hydrogens (tertiary/aromatic N) is 6. The highest BCUT2D eigenvalue weighted by molar-refractivity contribution is 6.23. The van der Waals surface area contributed by atoms with E-state index in [2.05, 4.69) is 47.9 Å². The van der Waals surface area contributed by atoms with Crippen molar-refractivity contribution in [2.45, 2.75) is 62.7 Å². The van der Waals surface area contributed by atoms with Gasteiger partial charge >= 0.3 is 0 Å². The van der Waals surface area contributed by atoms with Crippen molar-refractivity contribution in [2.75, 3.05) is 61.8 Å². The number of anilines is 3. The fraction of sp³-hybridized carbons (Fsp3) is 0.459. The minimum atomic E-state index is -0.970. The Labute approximate surface area is 296 Å². The number of piperidine rings is 1. The molecule has 3 fully saturated rings. The number of phenols is 1. The van der Waals surface area contributed by atoms with Crippen molar-refractivity contribution in [3.05, 3.63) is 59.7 Å². The minimum absolute atomic E-state index is 0.0944. The Balaban J connectivity index is 0.811. The smallest absolute Gasteiger partial charge is 0.262 e. The highest BCUT2D eigenvalue weighted by atomic mass is 16.3. The second kappa shape index (κ2) is 13.6. The second-order valence-corrected chi connectivity index (χ2v) is 14.3. The monoisotopic (exact) mass is 693 g/mol. The molecule has 2 atom stereocenters. The Morgan fingerprint density at radius 1 is 0.902 bits per heavy atom. The maximum atomic E-state index is 13.2. The summed E-state index contributed by atoms with van der Waals surface area (Å²) in [5.74, 6) is -0.996. The number of imide groups is 2. The van der Waals surface area contributed by atoms with Crippen molar-refractivity contribution in [1.82, 2.24) is 30.2 Å². The maximum Gasteiger partial charge on any atom is 0.262 e. The van der Waals surface area contributed by atoms with Crippen molar-refractivity contribution in [2.24, 2.45) is 0 Å². The van der Waals surface area contributed by atoms with Crippen LogP contribution < -0.4 is 20.9 Å². The van der Waals surface area contributed by atoms with E-state index in [-0.39, 0.29) is 29.7 Å². The first-order valence-electron chi connectivity index (χ1n) is 18.0. The van der Waals surface area contributed by atoms with Gasteiger partial charge in [0.05, 0.1) is 28.6 Å². The number of rotatable bonds is 8. The molecule has 1 aliphatic carbocycles. The summed E-state index contributed by atoms with van der Waals surface area (Å²) in [5, 5.41) is 28.3. The number of phenolic OH excluding ortho intramolecular Hbond substituents is 1. The van der Waals surface area contributed by atoms with Gasteiger partial charge in [0, 0.05) is 69.0 Å².